The van der Waals surface area contributed by atoms with Crippen LogP contribution in [0.2, 0.25) is 5.28 Å². The number of amides is 1. The predicted octanol–water partition coefficient (Wildman–Crippen LogP) is 1.36. The first kappa shape index (κ1) is 14.5. The summed E-state index contributed by atoms with van der Waals surface area (Å²) in [7, 11) is 1.59. The molecule has 0 N–H and O–H groups in total. The molecule has 0 aliphatic carbocycles. The van der Waals surface area contributed by atoms with Crippen molar-refractivity contribution in [3.63, 3.8) is 0 Å². The van der Waals surface area contributed by atoms with Crippen LogP contribution in [0.1, 0.15) is 12.1 Å². The molecule has 1 aliphatic heterocycles. The molecule has 1 saturated heterocycles. The van der Waals surface area contributed by atoms with Crippen LogP contribution in [-0.2, 0) is 13.8 Å². The average molecular weight is 324 g/mol. The lowest BCUT2D eigenvalue weighted by molar-refractivity contribution is -0.117. The van der Waals surface area contributed by atoms with Gasteiger partial charge in [-0.1, -0.05) is 0 Å². The Morgan fingerprint density at radius 3 is 2.79 bits per heavy atom. The van der Waals surface area contributed by atoms with E-state index in [2.05, 4.69) is 9.97 Å². The molecular weight excluding hydrogens is 313 g/mol. The van der Waals surface area contributed by atoms with E-state index in [9.17, 15) is 13.2 Å². The fourth-order valence-electron chi connectivity index (χ4n) is 2.10. The van der Waals surface area contributed by atoms with Crippen LogP contribution in [0.4, 0.5) is 5.69 Å². The highest BCUT2D eigenvalue weighted by molar-refractivity contribution is 8.13. The smallest absolute Gasteiger partial charge is 0.232 e. The monoisotopic (exact) mass is 323 g/mol. The highest BCUT2D eigenvalue weighted by Crippen LogP contribution is 2.28. The minimum atomic E-state index is -3.61. The molecule has 6 nitrogen and oxygen atoms in total. The molecule has 1 fully saturated rings. The van der Waals surface area contributed by atoms with E-state index in [0.717, 1.165) is 0 Å². The van der Waals surface area contributed by atoms with Gasteiger partial charge in [0.2, 0.25) is 20.2 Å². The molecule has 1 amide bonds. The van der Waals surface area contributed by atoms with Gasteiger partial charge in [-0.15, -0.1) is 0 Å². The van der Waals surface area contributed by atoms with Crippen molar-refractivity contribution in [2.24, 2.45) is 5.92 Å². The minimum absolute atomic E-state index is 0.104. The van der Waals surface area contributed by atoms with Crippen molar-refractivity contribution >= 4 is 42.9 Å². The van der Waals surface area contributed by atoms with E-state index in [1.165, 1.54) is 11.1 Å². The zero-order valence-corrected chi connectivity index (χ0v) is 12.3. The summed E-state index contributed by atoms with van der Waals surface area (Å²) >= 11 is 5.65. The van der Waals surface area contributed by atoms with E-state index in [4.69, 9.17) is 22.3 Å². The third-order valence-corrected chi connectivity index (χ3v) is 4.28. The molecule has 0 radical (unpaired) electrons. The van der Waals surface area contributed by atoms with Crippen molar-refractivity contribution in [1.29, 1.82) is 0 Å². The molecular formula is C10H11Cl2N3O3S. The Labute approximate surface area is 120 Å². The quantitative estimate of drug-likeness (QED) is 0.619. The predicted molar refractivity (Wildman–Crippen MR) is 71.9 cm³/mol. The maximum absolute atomic E-state index is 11.9. The molecule has 19 heavy (non-hydrogen) atoms. The van der Waals surface area contributed by atoms with Gasteiger partial charge in [0.15, 0.2) is 0 Å². The average Bonchev–Trinajstić information content (AvgIpc) is 2.56. The normalized spacial score (nSPS) is 20.1. The molecule has 0 spiro atoms. The molecule has 1 aliphatic rings. The first-order chi connectivity index (χ1) is 8.76. The lowest BCUT2D eigenvalue weighted by Crippen LogP contribution is -2.26. The van der Waals surface area contributed by atoms with Crippen LogP contribution in [0.25, 0.3) is 0 Å². The standard InChI is InChI=1S/C10H11Cl2N3O3S/c1-6-8(3-13-10(11)14-6)15-4-7(2-9(15)16)5-19(12,17)18/h3,7H,2,4-5H2,1H3. The van der Waals surface area contributed by atoms with Crippen LogP contribution in [-0.4, -0.2) is 36.6 Å². The van der Waals surface area contributed by atoms with Gasteiger partial charge in [0.25, 0.3) is 0 Å². The number of halogens is 2. The topological polar surface area (TPSA) is 80.2 Å². The zero-order chi connectivity index (χ0) is 14.2. The number of carbonyl (C=O) groups is 1. The van der Waals surface area contributed by atoms with Gasteiger partial charge in [-0.2, -0.15) is 0 Å². The van der Waals surface area contributed by atoms with E-state index >= 15 is 0 Å². The third kappa shape index (κ3) is 3.55. The Kier molecular flexibility index (Phi) is 3.98. The van der Waals surface area contributed by atoms with E-state index in [1.54, 1.807) is 6.92 Å². The van der Waals surface area contributed by atoms with Crippen molar-refractivity contribution in [2.45, 2.75) is 13.3 Å². The number of aromatic nitrogens is 2. The summed E-state index contributed by atoms with van der Waals surface area (Å²) in [6.45, 7) is 2.00. The van der Waals surface area contributed by atoms with Crippen molar-refractivity contribution in [1.82, 2.24) is 9.97 Å². The maximum atomic E-state index is 11.9. The second kappa shape index (κ2) is 5.22. The highest BCUT2D eigenvalue weighted by Gasteiger charge is 2.34. The van der Waals surface area contributed by atoms with Gasteiger partial charge in [0.05, 0.1) is 23.3 Å². The number of carbonyl (C=O) groups excluding carboxylic acids is 1. The van der Waals surface area contributed by atoms with E-state index in [1.807, 2.05) is 0 Å². The highest BCUT2D eigenvalue weighted by atomic mass is 35.7. The molecule has 2 heterocycles. The summed E-state index contributed by atoms with van der Waals surface area (Å²) in [6.07, 6.45) is 1.61. The number of hydrogen-bond donors (Lipinski definition) is 0. The molecule has 104 valence electrons. The Balaban J connectivity index is 2.20. The summed E-state index contributed by atoms with van der Waals surface area (Å²) in [5.41, 5.74) is 1.12. The van der Waals surface area contributed by atoms with Crippen molar-refractivity contribution in [3.05, 3.63) is 17.2 Å². The van der Waals surface area contributed by atoms with E-state index in [-0.39, 0.29) is 35.8 Å². The molecule has 1 aromatic rings. The van der Waals surface area contributed by atoms with Crippen molar-refractivity contribution in [2.75, 3.05) is 17.2 Å². The van der Waals surface area contributed by atoms with Gasteiger partial charge in [-0.05, 0) is 18.5 Å². The number of anilines is 1. The van der Waals surface area contributed by atoms with Gasteiger partial charge in [0.1, 0.15) is 0 Å². The molecule has 0 saturated carbocycles. The van der Waals surface area contributed by atoms with Crippen molar-refractivity contribution < 1.29 is 13.2 Å². The number of rotatable bonds is 3. The molecule has 2 rings (SSSR count). The molecule has 1 unspecified atom stereocenters. The van der Waals surface area contributed by atoms with Crippen LogP contribution in [0.15, 0.2) is 6.20 Å². The lowest BCUT2D eigenvalue weighted by atomic mass is 10.1. The molecule has 1 aromatic heterocycles. The lowest BCUT2D eigenvalue weighted by Gasteiger charge is -2.17. The molecule has 9 heteroatoms. The van der Waals surface area contributed by atoms with Crippen LogP contribution in [0, 0.1) is 12.8 Å². The third-order valence-electron chi connectivity index (χ3n) is 2.85. The molecule has 0 aromatic carbocycles. The SMILES string of the molecule is Cc1nc(Cl)ncc1N1CC(CS(=O)(=O)Cl)CC1=O. The van der Waals surface area contributed by atoms with Crippen LogP contribution in [0.3, 0.4) is 0 Å². The zero-order valence-electron chi connectivity index (χ0n) is 10.0. The Bertz CT molecular complexity index is 620. The largest absolute Gasteiger partial charge is 0.309 e. The maximum Gasteiger partial charge on any atom is 0.232 e. The fraction of sp³-hybridized carbons (Fsp3) is 0.500. The Morgan fingerprint density at radius 1 is 1.53 bits per heavy atom. The summed E-state index contributed by atoms with van der Waals surface area (Å²) in [5, 5.41) is 0.104. The Hall–Kier alpha value is -0.920. The summed E-state index contributed by atoms with van der Waals surface area (Å²) in [4.78, 5) is 21.2. The van der Waals surface area contributed by atoms with Crippen LogP contribution >= 0.6 is 22.3 Å². The first-order valence-electron chi connectivity index (χ1n) is 5.48. The van der Waals surface area contributed by atoms with Gasteiger partial charge >= 0.3 is 0 Å². The number of aryl methyl sites for hydroxylation is 1. The number of hydrogen-bond acceptors (Lipinski definition) is 5. The fourth-order valence-corrected chi connectivity index (χ4v) is 3.60. The summed E-state index contributed by atoms with van der Waals surface area (Å²) < 4.78 is 22.1. The Morgan fingerprint density at radius 2 is 2.21 bits per heavy atom. The minimum Gasteiger partial charge on any atom is -0.309 e. The van der Waals surface area contributed by atoms with Crippen LogP contribution < -0.4 is 4.90 Å². The summed E-state index contributed by atoms with van der Waals surface area (Å²) in [5.74, 6) is -0.700. The van der Waals surface area contributed by atoms with E-state index < -0.39 is 9.05 Å². The second-order valence-corrected chi connectivity index (χ2v) is 7.55. The first-order valence-corrected chi connectivity index (χ1v) is 8.34. The van der Waals surface area contributed by atoms with Gasteiger partial charge in [-0.3, -0.25) is 4.79 Å². The van der Waals surface area contributed by atoms with Crippen molar-refractivity contribution in [3.8, 4) is 0 Å². The number of nitrogens with zero attached hydrogens (tertiary/aromatic N) is 3. The molecule has 0 bridgehead atoms. The summed E-state index contributed by atoms with van der Waals surface area (Å²) in [6, 6.07) is 0. The second-order valence-electron chi connectivity index (χ2n) is 4.39. The van der Waals surface area contributed by atoms with Gasteiger partial charge in [0, 0.05) is 29.6 Å². The van der Waals surface area contributed by atoms with E-state index in [0.29, 0.717) is 11.4 Å². The van der Waals surface area contributed by atoms with Crippen LogP contribution in [0.5, 0.6) is 0 Å². The van der Waals surface area contributed by atoms with Gasteiger partial charge in [-0.25, -0.2) is 18.4 Å². The van der Waals surface area contributed by atoms with Gasteiger partial charge < -0.3 is 4.90 Å². The molecule has 1 atom stereocenters.